The van der Waals surface area contributed by atoms with Gasteiger partial charge >= 0.3 is 0 Å². The number of nitrogens with zero attached hydrogens (tertiary/aromatic N) is 3. The van der Waals surface area contributed by atoms with Gasteiger partial charge in [-0.15, -0.1) is 0 Å². The molecule has 4 aliphatic carbocycles. The molecule has 4 saturated carbocycles. The summed E-state index contributed by atoms with van der Waals surface area (Å²) in [7, 11) is 3.62. The van der Waals surface area contributed by atoms with E-state index in [1.165, 1.54) is 36.1 Å². The third kappa shape index (κ3) is 3.69. The van der Waals surface area contributed by atoms with E-state index >= 15 is 0 Å². The van der Waals surface area contributed by atoms with E-state index in [1.807, 2.05) is 14.1 Å². The number of amides is 1. The van der Waals surface area contributed by atoms with Crippen molar-refractivity contribution in [3.8, 4) is 5.69 Å². The van der Waals surface area contributed by atoms with Gasteiger partial charge in [0.2, 0.25) is 5.43 Å². The summed E-state index contributed by atoms with van der Waals surface area (Å²) < 4.78 is 30.0. The second kappa shape index (κ2) is 7.85. The van der Waals surface area contributed by atoms with Crippen LogP contribution in [0.25, 0.3) is 16.7 Å². The van der Waals surface area contributed by atoms with Gasteiger partial charge in [-0.25, -0.2) is 13.8 Å². The van der Waals surface area contributed by atoms with Crippen LogP contribution in [-0.4, -0.2) is 35.1 Å². The number of aromatic nitrogens is 2. The fourth-order valence-corrected chi connectivity index (χ4v) is 7.64. The van der Waals surface area contributed by atoms with Crippen LogP contribution >= 0.6 is 0 Å². The van der Waals surface area contributed by atoms with Crippen molar-refractivity contribution in [2.45, 2.75) is 51.0 Å². The number of nitrogens with one attached hydrogen (secondary N) is 1. The smallest absolute Gasteiger partial charge is 0.257 e. The van der Waals surface area contributed by atoms with Gasteiger partial charge in [0, 0.05) is 31.9 Å². The summed E-state index contributed by atoms with van der Waals surface area (Å²) in [5.41, 5.74) is -0.376. The van der Waals surface area contributed by atoms with E-state index in [4.69, 9.17) is 0 Å². The molecule has 0 spiro atoms. The predicted molar refractivity (Wildman–Crippen MR) is 135 cm³/mol. The number of carbonyl (C=O) groups excluding carboxylic acids is 1. The second-order valence-corrected chi connectivity index (χ2v) is 11.8. The van der Waals surface area contributed by atoms with E-state index in [9.17, 15) is 18.4 Å². The van der Waals surface area contributed by atoms with Crippen molar-refractivity contribution in [1.29, 1.82) is 0 Å². The molecule has 4 fully saturated rings. The number of anilines is 1. The van der Waals surface area contributed by atoms with Crippen molar-refractivity contribution < 1.29 is 13.6 Å². The molecule has 0 radical (unpaired) electrons. The van der Waals surface area contributed by atoms with Gasteiger partial charge in [0.15, 0.2) is 5.65 Å². The Morgan fingerprint density at radius 2 is 1.83 bits per heavy atom. The topological polar surface area (TPSA) is 67.2 Å². The van der Waals surface area contributed by atoms with Gasteiger partial charge in [0.1, 0.15) is 23.0 Å². The Morgan fingerprint density at radius 3 is 2.47 bits per heavy atom. The van der Waals surface area contributed by atoms with Crippen LogP contribution in [0.1, 0.15) is 55.8 Å². The van der Waals surface area contributed by atoms with Gasteiger partial charge in [-0.3, -0.25) is 14.2 Å². The summed E-state index contributed by atoms with van der Waals surface area (Å²) in [6, 6.07) is 6.52. The van der Waals surface area contributed by atoms with Crippen molar-refractivity contribution in [2.75, 3.05) is 19.0 Å². The van der Waals surface area contributed by atoms with Crippen molar-refractivity contribution in [3.05, 3.63) is 63.9 Å². The highest BCUT2D eigenvalue weighted by molar-refractivity contribution is 5.97. The van der Waals surface area contributed by atoms with Crippen LogP contribution in [0.4, 0.5) is 14.6 Å². The predicted octanol–water partition coefficient (Wildman–Crippen LogP) is 4.82. The molecule has 4 bridgehead atoms. The highest BCUT2D eigenvalue weighted by atomic mass is 19.1. The third-order valence-corrected chi connectivity index (χ3v) is 8.44. The zero-order valence-electron chi connectivity index (χ0n) is 20.8. The summed E-state index contributed by atoms with van der Waals surface area (Å²) in [6.45, 7) is 2.32. The number of hydrogen-bond acceptors (Lipinski definition) is 4. The molecule has 2 heterocycles. The van der Waals surface area contributed by atoms with Gasteiger partial charge in [0.05, 0.1) is 11.1 Å². The highest BCUT2D eigenvalue weighted by Gasteiger charge is 2.56. The van der Waals surface area contributed by atoms with E-state index in [0.29, 0.717) is 17.7 Å². The molecule has 2 unspecified atom stereocenters. The highest BCUT2D eigenvalue weighted by Crippen LogP contribution is 2.61. The number of pyridine rings is 2. The first-order chi connectivity index (χ1) is 17.0. The first-order valence-corrected chi connectivity index (χ1v) is 12.6. The van der Waals surface area contributed by atoms with Crippen molar-refractivity contribution in [3.63, 3.8) is 0 Å². The SMILES string of the molecule is CN(C)c1ccc2c(=O)c(C(=O)NC34CC5CC(CC(C)(C5)C3)C4)cn(-c3ccc(F)cc3F)c2n1. The second-order valence-electron chi connectivity index (χ2n) is 11.8. The van der Waals surface area contributed by atoms with Gasteiger partial charge in [-0.05, 0) is 80.0 Å². The third-order valence-electron chi connectivity index (χ3n) is 8.44. The Kier molecular flexibility index (Phi) is 5.05. The summed E-state index contributed by atoms with van der Waals surface area (Å²) in [5.74, 6) is -0.190. The molecule has 1 amide bonds. The average molecular weight is 493 g/mol. The minimum atomic E-state index is -0.808. The monoisotopic (exact) mass is 492 g/mol. The maximum atomic E-state index is 14.9. The van der Waals surface area contributed by atoms with Crippen molar-refractivity contribution in [1.82, 2.24) is 14.9 Å². The Balaban J connectivity index is 1.47. The molecular formula is C28H30F2N4O2. The lowest BCUT2D eigenvalue weighted by atomic mass is 9.47. The maximum Gasteiger partial charge on any atom is 0.257 e. The Labute approximate surface area is 208 Å². The number of halogens is 2. The quantitative estimate of drug-likeness (QED) is 0.567. The van der Waals surface area contributed by atoms with Crippen LogP contribution in [0, 0.1) is 28.9 Å². The molecule has 4 aliphatic rings. The summed E-state index contributed by atoms with van der Waals surface area (Å²) in [4.78, 5) is 33.6. The molecule has 7 rings (SSSR count). The minimum absolute atomic E-state index is 0.0150. The number of rotatable bonds is 4. The van der Waals surface area contributed by atoms with E-state index in [1.54, 1.807) is 17.0 Å². The van der Waals surface area contributed by atoms with Gasteiger partial charge in [0.25, 0.3) is 5.91 Å². The van der Waals surface area contributed by atoms with Crippen molar-refractivity contribution in [2.24, 2.45) is 17.3 Å². The molecule has 188 valence electrons. The van der Waals surface area contributed by atoms with Crippen LogP contribution < -0.4 is 15.6 Å². The molecule has 0 saturated heterocycles. The van der Waals surface area contributed by atoms with E-state index in [-0.39, 0.29) is 33.2 Å². The molecule has 2 atom stereocenters. The minimum Gasteiger partial charge on any atom is -0.363 e. The summed E-state index contributed by atoms with van der Waals surface area (Å²) in [5, 5.41) is 3.47. The fraction of sp³-hybridized carbons (Fsp3) is 0.464. The molecule has 8 heteroatoms. The maximum absolute atomic E-state index is 14.9. The summed E-state index contributed by atoms with van der Waals surface area (Å²) >= 11 is 0. The number of carbonyl (C=O) groups is 1. The normalized spacial score (nSPS) is 28.5. The molecule has 1 N–H and O–H groups in total. The largest absolute Gasteiger partial charge is 0.363 e. The molecular weight excluding hydrogens is 462 g/mol. The number of fused-ring (bicyclic) bond motifs is 1. The number of hydrogen-bond donors (Lipinski definition) is 1. The lowest BCUT2D eigenvalue weighted by molar-refractivity contribution is -0.0680. The molecule has 2 aromatic heterocycles. The average Bonchev–Trinajstić information content (AvgIpc) is 2.77. The molecule has 1 aromatic carbocycles. The van der Waals surface area contributed by atoms with E-state index < -0.39 is 23.0 Å². The zero-order valence-corrected chi connectivity index (χ0v) is 20.8. The summed E-state index contributed by atoms with van der Waals surface area (Å²) in [6.07, 6.45) is 7.77. The first-order valence-electron chi connectivity index (χ1n) is 12.6. The number of benzene rings is 1. The van der Waals surface area contributed by atoms with Gasteiger partial charge in [-0.1, -0.05) is 6.92 Å². The van der Waals surface area contributed by atoms with Crippen LogP contribution in [-0.2, 0) is 0 Å². The Hall–Kier alpha value is -3.29. The van der Waals surface area contributed by atoms with Gasteiger partial charge < -0.3 is 10.2 Å². The van der Waals surface area contributed by atoms with Gasteiger partial charge in [-0.2, -0.15) is 0 Å². The molecule has 36 heavy (non-hydrogen) atoms. The van der Waals surface area contributed by atoms with Crippen molar-refractivity contribution >= 4 is 22.8 Å². The Bertz CT molecular complexity index is 1450. The molecule has 3 aromatic rings. The molecule has 6 nitrogen and oxygen atoms in total. The van der Waals surface area contributed by atoms with E-state index in [2.05, 4.69) is 17.2 Å². The Morgan fingerprint density at radius 1 is 1.11 bits per heavy atom. The van der Waals surface area contributed by atoms with Crippen LogP contribution in [0.15, 0.2) is 41.3 Å². The standard InChI is InChI=1S/C28H30F2N4O2/c1-27-10-16-8-17(11-27)13-28(12-16,15-27)32-26(36)20-14-34(22-6-4-18(29)9-21(22)30)25-19(24(20)35)5-7-23(31-25)33(2)3/h4-7,9,14,16-17H,8,10-13,15H2,1-3H3,(H,32,36). The van der Waals surface area contributed by atoms with Crippen LogP contribution in [0.5, 0.6) is 0 Å². The lowest BCUT2D eigenvalue weighted by Crippen LogP contribution is -2.62. The molecule has 0 aliphatic heterocycles. The fourth-order valence-electron chi connectivity index (χ4n) is 7.64. The van der Waals surface area contributed by atoms with E-state index in [0.717, 1.165) is 31.4 Å². The zero-order chi connectivity index (χ0) is 25.4. The van der Waals surface area contributed by atoms with Crippen LogP contribution in [0.3, 0.4) is 0 Å². The first kappa shape index (κ1) is 23.1. The lowest BCUT2D eigenvalue weighted by Gasteiger charge is -2.61. The van der Waals surface area contributed by atoms with Crippen LogP contribution in [0.2, 0.25) is 0 Å².